The molecule has 0 unspecified atom stereocenters. The van der Waals surface area contributed by atoms with Crippen LogP contribution in [0.4, 0.5) is 0 Å². The number of nitrogens with zero attached hydrogens (tertiary/aromatic N) is 2. The van der Waals surface area contributed by atoms with Crippen LogP contribution in [0.1, 0.15) is 0 Å². The Balaban J connectivity index is 2.62. The Bertz CT molecular complexity index is 181. The first-order valence-corrected chi connectivity index (χ1v) is 3.06. The van der Waals surface area contributed by atoms with E-state index < -0.39 is 4.92 Å². The highest BCUT2D eigenvalue weighted by Crippen LogP contribution is 2.08. The molecule has 6 heteroatoms. The van der Waals surface area contributed by atoms with E-state index in [1.54, 1.807) is 0 Å². The van der Waals surface area contributed by atoms with E-state index in [1.165, 1.54) is 4.42 Å². The fourth-order valence-electron chi connectivity index (χ4n) is 0.697. The lowest BCUT2D eigenvalue weighted by molar-refractivity contribution is -0.404. The van der Waals surface area contributed by atoms with E-state index in [1.807, 2.05) is 0 Å². The van der Waals surface area contributed by atoms with Crippen LogP contribution in [0, 0.1) is 10.1 Å². The van der Waals surface area contributed by atoms with Crippen molar-refractivity contribution >= 4 is 11.8 Å². The van der Waals surface area contributed by atoms with Crippen LogP contribution in [0.25, 0.3) is 0 Å². The van der Waals surface area contributed by atoms with Gasteiger partial charge in [-0.3, -0.25) is 14.5 Å². The van der Waals surface area contributed by atoms with Gasteiger partial charge in [0, 0.05) is 18.3 Å². The average molecular weight is 164 g/mol. The molecular weight excluding hydrogens is 158 g/mol. The van der Waals surface area contributed by atoms with Gasteiger partial charge in [-0.05, 0) is 0 Å². The summed E-state index contributed by atoms with van der Waals surface area (Å²) in [6.07, 6.45) is 0.847. The summed E-state index contributed by atoms with van der Waals surface area (Å²) in [5, 5.41) is 12.7. The monoisotopic (exact) mass is 163 g/mol. The Kier molecular flexibility index (Phi) is 1.96. The van der Waals surface area contributed by atoms with Crippen molar-refractivity contribution in [1.29, 1.82) is 0 Å². The number of hydrogen-bond donors (Lipinski definition) is 1. The number of nitrogens with one attached hydrogen (secondary N) is 1. The van der Waals surface area contributed by atoms with E-state index in [9.17, 15) is 10.1 Å². The zero-order chi connectivity index (χ0) is 7.56. The molecule has 56 valence electrons. The van der Waals surface area contributed by atoms with Gasteiger partial charge in [-0.1, -0.05) is 0 Å². The highest BCUT2D eigenvalue weighted by atomic mass is 35.5. The number of halogens is 1. The third-order valence-corrected chi connectivity index (χ3v) is 1.45. The molecule has 1 saturated heterocycles. The predicted molar refractivity (Wildman–Crippen MR) is 35.6 cm³/mol. The van der Waals surface area contributed by atoms with E-state index in [-0.39, 0.29) is 0 Å². The lowest BCUT2D eigenvalue weighted by Gasteiger charge is -2.02. The Hall–Kier alpha value is -0.970. The zero-order valence-corrected chi connectivity index (χ0v) is 5.84. The van der Waals surface area contributed by atoms with Crippen molar-refractivity contribution in [3.05, 3.63) is 22.1 Å². The normalized spacial score (nSPS) is 21.3. The molecule has 0 aromatic heterocycles. The average Bonchev–Trinajstić information content (AvgIpc) is 2.15. The first-order valence-electron chi connectivity index (χ1n) is 2.72. The summed E-state index contributed by atoms with van der Waals surface area (Å²) < 4.78 is 1.28. The van der Waals surface area contributed by atoms with Crippen molar-refractivity contribution in [3.63, 3.8) is 0 Å². The Labute approximate surface area is 62.5 Å². The molecular formula is C4H6ClN3O2. The molecule has 0 bridgehead atoms. The van der Waals surface area contributed by atoms with Crippen LogP contribution in [-0.2, 0) is 0 Å². The van der Waals surface area contributed by atoms with Gasteiger partial charge in [-0.15, -0.1) is 0 Å². The molecule has 0 amide bonds. The van der Waals surface area contributed by atoms with Crippen LogP contribution in [0.2, 0.25) is 0 Å². The molecule has 10 heavy (non-hydrogen) atoms. The van der Waals surface area contributed by atoms with E-state index in [2.05, 4.69) is 5.32 Å². The Morgan fingerprint density at radius 1 is 1.90 bits per heavy atom. The summed E-state index contributed by atoms with van der Waals surface area (Å²) in [6.45, 7) is 1.25. The largest absolute Gasteiger partial charge is 0.364 e. The molecule has 1 fully saturated rings. The summed E-state index contributed by atoms with van der Waals surface area (Å²) in [5.41, 5.74) is 0. The van der Waals surface area contributed by atoms with Crippen LogP contribution in [0.15, 0.2) is 12.0 Å². The van der Waals surface area contributed by atoms with Gasteiger partial charge in [0.2, 0.25) is 0 Å². The minimum absolute atomic E-state index is 0.353. The summed E-state index contributed by atoms with van der Waals surface area (Å²) in [4.78, 5) is 9.37. The van der Waals surface area contributed by atoms with Crippen molar-refractivity contribution < 1.29 is 4.92 Å². The second kappa shape index (κ2) is 2.74. The van der Waals surface area contributed by atoms with Crippen molar-refractivity contribution in [2.24, 2.45) is 0 Å². The smallest absolute Gasteiger partial charge is 0.275 e. The van der Waals surface area contributed by atoms with Gasteiger partial charge in [0.25, 0.3) is 6.20 Å². The fraction of sp³-hybridized carbons (Fsp3) is 0.500. The minimum atomic E-state index is -0.539. The molecule has 1 heterocycles. The topological polar surface area (TPSA) is 58.4 Å². The van der Waals surface area contributed by atoms with Gasteiger partial charge in [-0.25, -0.2) is 0 Å². The molecule has 0 atom stereocenters. The molecule has 0 spiro atoms. The zero-order valence-electron chi connectivity index (χ0n) is 5.08. The van der Waals surface area contributed by atoms with Gasteiger partial charge in [0.05, 0.1) is 11.5 Å². The van der Waals surface area contributed by atoms with Gasteiger partial charge in [-0.2, -0.15) is 0 Å². The summed E-state index contributed by atoms with van der Waals surface area (Å²) >= 11 is 5.52. The molecule has 0 saturated carbocycles. The van der Waals surface area contributed by atoms with Gasteiger partial charge in [0.15, 0.2) is 5.82 Å². The van der Waals surface area contributed by atoms with E-state index in [4.69, 9.17) is 11.8 Å². The maximum Gasteiger partial charge on any atom is 0.275 e. The van der Waals surface area contributed by atoms with E-state index in [0.717, 1.165) is 6.20 Å². The number of rotatable bonds is 1. The van der Waals surface area contributed by atoms with Crippen LogP contribution in [0.5, 0.6) is 0 Å². The first-order chi connectivity index (χ1) is 4.70. The van der Waals surface area contributed by atoms with Crippen molar-refractivity contribution in [2.75, 3.05) is 13.1 Å². The number of hydrogen-bond acceptors (Lipinski definition) is 4. The van der Waals surface area contributed by atoms with E-state index >= 15 is 0 Å². The minimum Gasteiger partial charge on any atom is -0.364 e. The predicted octanol–water partition coefficient (Wildman–Crippen LogP) is 0.121. The molecule has 0 aromatic rings. The lowest BCUT2D eigenvalue weighted by Crippen LogP contribution is -2.10. The van der Waals surface area contributed by atoms with Gasteiger partial charge < -0.3 is 5.32 Å². The number of nitro groups is 1. The Morgan fingerprint density at radius 2 is 2.60 bits per heavy atom. The quantitative estimate of drug-likeness (QED) is 0.339. The maximum absolute atomic E-state index is 9.90. The summed E-state index contributed by atoms with van der Waals surface area (Å²) in [5.74, 6) is 0.353. The molecule has 0 aromatic carbocycles. The van der Waals surface area contributed by atoms with Crippen LogP contribution < -0.4 is 5.32 Å². The standard InChI is InChI=1S/C4H6ClN3O2/c5-7-2-1-6-4(7)3-8(9)10/h3,6H,1-2H2. The second-order valence-electron chi connectivity index (χ2n) is 1.81. The lowest BCUT2D eigenvalue weighted by atomic mass is 10.7. The van der Waals surface area contributed by atoms with Crippen LogP contribution in [0.3, 0.4) is 0 Å². The SMILES string of the molecule is O=[N+]([O-])C=C1NCCN1Cl. The molecule has 1 aliphatic rings. The molecule has 1 rings (SSSR count). The highest BCUT2D eigenvalue weighted by Gasteiger charge is 2.16. The third kappa shape index (κ3) is 1.51. The maximum atomic E-state index is 9.90. The van der Waals surface area contributed by atoms with Crippen molar-refractivity contribution in [3.8, 4) is 0 Å². The highest BCUT2D eigenvalue weighted by molar-refractivity contribution is 6.14. The molecule has 1 aliphatic heterocycles. The third-order valence-electron chi connectivity index (χ3n) is 1.10. The first kappa shape index (κ1) is 7.14. The van der Waals surface area contributed by atoms with Crippen LogP contribution in [-0.4, -0.2) is 22.4 Å². The summed E-state index contributed by atoms with van der Waals surface area (Å²) in [7, 11) is 0. The molecule has 0 radical (unpaired) electrons. The molecule has 5 nitrogen and oxygen atoms in total. The Morgan fingerprint density at radius 3 is 3.00 bits per heavy atom. The van der Waals surface area contributed by atoms with E-state index in [0.29, 0.717) is 18.9 Å². The van der Waals surface area contributed by atoms with Gasteiger partial charge in [0.1, 0.15) is 0 Å². The molecule has 1 N–H and O–H groups in total. The van der Waals surface area contributed by atoms with Crippen molar-refractivity contribution in [2.45, 2.75) is 0 Å². The second-order valence-corrected chi connectivity index (χ2v) is 2.22. The van der Waals surface area contributed by atoms with Crippen molar-refractivity contribution in [1.82, 2.24) is 9.74 Å². The molecule has 0 aliphatic carbocycles. The van der Waals surface area contributed by atoms with Gasteiger partial charge >= 0.3 is 0 Å². The summed E-state index contributed by atoms with van der Waals surface area (Å²) in [6, 6.07) is 0. The fourth-order valence-corrected chi connectivity index (χ4v) is 0.884. The van der Waals surface area contributed by atoms with Crippen LogP contribution >= 0.6 is 11.8 Å².